The number of fused-ring (bicyclic) bond motifs is 1. The standard InChI is InChI=1S/C12H13IO2/c13-9-4-5-10-11(8-9)15-12(14-10)6-2-1-3-7-12/h4-5,8H,1-3,6-7H2. The summed E-state index contributed by atoms with van der Waals surface area (Å²) in [5, 5.41) is 0. The van der Waals surface area contributed by atoms with Gasteiger partial charge in [0.2, 0.25) is 0 Å². The first-order valence-corrected chi connectivity index (χ1v) is 6.53. The molecule has 80 valence electrons. The van der Waals surface area contributed by atoms with Gasteiger partial charge in [-0.15, -0.1) is 0 Å². The number of halogens is 1. The maximum Gasteiger partial charge on any atom is 0.251 e. The number of hydrogen-bond acceptors (Lipinski definition) is 2. The molecule has 0 aromatic heterocycles. The molecule has 1 aliphatic heterocycles. The van der Waals surface area contributed by atoms with Crippen LogP contribution in [0.15, 0.2) is 18.2 Å². The van der Waals surface area contributed by atoms with E-state index >= 15 is 0 Å². The third-order valence-electron chi connectivity index (χ3n) is 3.11. The predicted octanol–water partition coefficient (Wildman–Crippen LogP) is 3.72. The summed E-state index contributed by atoms with van der Waals surface area (Å²) >= 11 is 2.30. The van der Waals surface area contributed by atoms with Gasteiger partial charge in [-0.05, 0) is 53.6 Å². The van der Waals surface area contributed by atoms with E-state index in [4.69, 9.17) is 9.47 Å². The molecular formula is C12H13IO2. The van der Waals surface area contributed by atoms with Crippen LogP contribution in [0.1, 0.15) is 32.1 Å². The van der Waals surface area contributed by atoms with E-state index in [9.17, 15) is 0 Å². The maximum absolute atomic E-state index is 5.99. The smallest absolute Gasteiger partial charge is 0.251 e. The van der Waals surface area contributed by atoms with E-state index in [1.807, 2.05) is 6.07 Å². The molecule has 3 heteroatoms. The lowest BCUT2D eigenvalue weighted by Gasteiger charge is -2.31. The van der Waals surface area contributed by atoms with Gasteiger partial charge < -0.3 is 9.47 Å². The highest BCUT2D eigenvalue weighted by Crippen LogP contribution is 2.45. The fraction of sp³-hybridized carbons (Fsp3) is 0.500. The summed E-state index contributed by atoms with van der Waals surface area (Å²) in [6.45, 7) is 0. The first-order chi connectivity index (χ1) is 7.27. The largest absolute Gasteiger partial charge is 0.448 e. The Bertz CT molecular complexity index is 383. The Morgan fingerprint density at radius 3 is 2.53 bits per heavy atom. The highest BCUT2D eigenvalue weighted by atomic mass is 127. The third-order valence-corrected chi connectivity index (χ3v) is 3.78. The first kappa shape index (κ1) is 9.75. The van der Waals surface area contributed by atoms with Crippen LogP contribution in [0, 0.1) is 3.57 Å². The molecule has 1 aromatic rings. The van der Waals surface area contributed by atoms with Crippen LogP contribution in [0.4, 0.5) is 0 Å². The van der Waals surface area contributed by atoms with Crippen LogP contribution in [0.25, 0.3) is 0 Å². The second-order valence-electron chi connectivity index (χ2n) is 4.27. The van der Waals surface area contributed by atoms with Crippen molar-refractivity contribution in [2.45, 2.75) is 37.9 Å². The van der Waals surface area contributed by atoms with Gasteiger partial charge in [-0.1, -0.05) is 6.42 Å². The van der Waals surface area contributed by atoms with E-state index in [1.165, 1.54) is 22.8 Å². The second-order valence-corrected chi connectivity index (χ2v) is 5.51. The number of ether oxygens (including phenoxy) is 2. The van der Waals surface area contributed by atoms with Gasteiger partial charge in [0, 0.05) is 16.4 Å². The predicted molar refractivity (Wildman–Crippen MR) is 66.2 cm³/mol. The van der Waals surface area contributed by atoms with Crippen LogP contribution >= 0.6 is 22.6 Å². The molecule has 1 spiro atoms. The van der Waals surface area contributed by atoms with E-state index < -0.39 is 0 Å². The molecule has 0 saturated heterocycles. The zero-order valence-electron chi connectivity index (χ0n) is 8.46. The molecule has 1 heterocycles. The quantitative estimate of drug-likeness (QED) is 0.679. The summed E-state index contributed by atoms with van der Waals surface area (Å²) in [4.78, 5) is 0. The van der Waals surface area contributed by atoms with Crippen LogP contribution in [0.3, 0.4) is 0 Å². The Labute approximate surface area is 103 Å². The van der Waals surface area contributed by atoms with Crippen LogP contribution in [0.5, 0.6) is 11.5 Å². The maximum atomic E-state index is 5.99. The molecule has 1 saturated carbocycles. The lowest BCUT2D eigenvalue weighted by atomic mass is 9.94. The van der Waals surface area contributed by atoms with Crippen molar-refractivity contribution in [3.8, 4) is 11.5 Å². The Balaban J connectivity index is 1.90. The molecule has 0 unspecified atom stereocenters. The topological polar surface area (TPSA) is 18.5 Å². The molecule has 0 bridgehead atoms. The summed E-state index contributed by atoms with van der Waals surface area (Å²) < 4.78 is 13.2. The van der Waals surface area contributed by atoms with E-state index in [0.717, 1.165) is 24.3 Å². The van der Waals surface area contributed by atoms with Crippen LogP contribution < -0.4 is 9.47 Å². The molecule has 2 nitrogen and oxygen atoms in total. The van der Waals surface area contributed by atoms with Gasteiger partial charge in [0.1, 0.15) is 0 Å². The highest BCUT2D eigenvalue weighted by molar-refractivity contribution is 14.1. The van der Waals surface area contributed by atoms with E-state index in [-0.39, 0.29) is 5.79 Å². The minimum absolute atomic E-state index is 0.328. The molecule has 3 rings (SSSR count). The van der Waals surface area contributed by atoms with Crippen molar-refractivity contribution < 1.29 is 9.47 Å². The molecule has 0 amide bonds. The van der Waals surface area contributed by atoms with E-state index in [1.54, 1.807) is 0 Å². The van der Waals surface area contributed by atoms with Crippen molar-refractivity contribution in [1.82, 2.24) is 0 Å². The Hall–Kier alpha value is -0.450. The minimum Gasteiger partial charge on any atom is -0.448 e. The van der Waals surface area contributed by atoms with Gasteiger partial charge in [-0.3, -0.25) is 0 Å². The zero-order valence-corrected chi connectivity index (χ0v) is 10.6. The van der Waals surface area contributed by atoms with Crippen molar-refractivity contribution in [2.75, 3.05) is 0 Å². The lowest BCUT2D eigenvalue weighted by Crippen LogP contribution is -2.40. The molecule has 0 atom stereocenters. The van der Waals surface area contributed by atoms with Gasteiger partial charge in [-0.25, -0.2) is 0 Å². The van der Waals surface area contributed by atoms with Gasteiger partial charge in [-0.2, -0.15) is 0 Å². The molecule has 0 radical (unpaired) electrons. The average molecular weight is 316 g/mol. The van der Waals surface area contributed by atoms with Gasteiger partial charge in [0.05, 0.1) is 0 Å². The molecule has 1 fully saturated rings. The van der Waals surface area contributed by atoms with E-state index in [0.29, 0.717) is 0 Å². The SMILES string of the molecule is Ic1ccc2c(c1)OC1(CCCCC1)O2. The van der Waals surface area contributed by atoms with Crippen molar-refractivity contribution in [3.05, 3.63) is 21.8 Å². The summed E-state index contributed by atoms with van der Waals surface area (Å²) in [7, 11) is 0. The molecule has 0 N–H and O–H groups in total. The minimum atomic E-state index is -0.328. The number of rotatable bonds is 0. The van der Waals surface area contributed by atoms with Crippen LogP contribution in [0.2, 0.25) is 0 Å². The van der Waals surface area contributed by atoms with E-state index in [2.05, 4.69) is 34.7 Å². The van der Waals surface area contributed by atoms with Crippen molar-refractivity contribution in [3.63, 3.8) is 0 Å². The van der Waals surface area contributed by atoms with Crippen molar-refractivity contribution >= 4 is 22.6 Å². The summed E-state index contributed by atoms with van der Waals surface area (Å²) in [5.41, 5.74) is 0. The number of benzene rings is 1. The fourth-order valence-corrected chi connectivity index (χ4v) is 2.82. The Morgan fingerprint density at radius 2 is 1.73 bits per heavy atom. The first-order valence-electron chi connectivity index (χ1n) is 5.45. The zero-order chi connectivity index (χ0) is 10.3. The average Bonchev–Trinajstić information content (AvgIpc) is 2.56. The second kappa shape index (κ2) is 3.54. The highest BCUT2D eigenvalue weighted by Gasteiger charge is 2.42. The summed E-state index contributed by atoms with van der Waals surface area (Å²) in [6, 6.07) is 6.13. The summed E-state index contributed by atoms with van der Waals surface area (Å²) in [6.07, 6.45) is 5.79. The Morgan fingerprint density at radius 1 is 1.00 bits per heavy atom. The molecular weight excluding hydrogens is 303 g/mol. The third kappa shape index (κ3) is 1.71. The normalized spacial score (nSPS) is 21.9. The number of hydrogen-bond donors (Lipinski definition) is 0. The molecule has 1 aromatic carbocycles. The van der Waals surface area contributed by atoms with Crippen LogP contribution in [-0.4, -0.2) is 5.79 Å². The van der Waals surface area contributed by atoms with Gasteiger partial charge >= 0.3 is 0 Å². The van der Waals surface area contributed by atoms with Crippen LogP contribution in [-0.2, 0) is 0 Å². The molecule has 15 heavy (non-hydrogen) atoms. The van der Waals surface area contributed by atoms with Crippen molar-refractivity contribution in [1.29, 1.82) is 0 Å². The molecule has 2 aliphatic rings. The fourth-order valence-electron chi connectivity index (χ4n) is 2.36. The van der Waals surface area contributed by atoms with Gasteiger partial charge in [0.25, 0.3) is 5.79 Å². The summed E-state index contributed by atoms with van der Waals surface area (Å²) in [5.74, 6) is 1.51. The monoisotopic (exact) mass is 316 g/mol. The van der Waals surface area contributed by atoms with Gasteiger partial charge in [0.15, 0.2) is 11.5 Å². The van der Waals surface area contributed by atoms with Crippen molar-refractivity contribution in [2.24, 2.45) is 0 Å². The molecule has 1 aliphatic carbocycles. The lowest BCUT2D eigenvalue weighted by molar-refractivity contribution is -0.105. The Kier molecular flexibility index (Phi) is 2.30.